The Morgan fingerprint density at radius 2 is 1.69 bits per heavy atom. The van der Waals surface area contributed by atoms with Gasteiger partial charge in [0.25, 0.3) is 0 Å². The van der Waals surface area contributed by atoms with Gasteiger partial charge < -0.3 is 20.7 Å². The molecule has 212 valence electrons. The van der Waals surface area contributed by atoms with E-state index in [0.717, 1.165) is 34.0 Å². The van der Waals surface area contributed by atoms with Gasteiger partial charge in [0.2, 0.25) is 11.8 Å². The molecule has 0 heterocycles. The summed E-state index contributed by atoms with van der Waals surface area (Å²) in [5, 5.41) is 9.38. The molecule has 0 bridgehead atoms. The van der Waals surface area contributed by atoms with Crippen molar-refractivity contribution in [3.63, 3.8) is 0 Å². The minimum Gasteiger partial charge on any atom is -0.444 e. The highest BCUT2D eigenvalue weighted by atomic mass is 79.9. The molecule has 0 spiro atoms. The van der Waals surface area contributed by atoms with Crippen molar-refractivity contribution in [3.05, 3.63) is 62.6 Å². The third-order valence-corrected chi connectivity index (χ3v) is 7.93. The molecule has 7 nitrogen and oxygen atoms in total. The van der Waals surface area contributed by atoms with Crippen LogP contribution in [0.1, 0.15) is 63.1 Å². The Labute approximate surface area is 244 Å². The number of amides is 3. The molecular formula is C30H39BrClN3O4. The highest BCUT2D eigenvalue weighted by Gasteiger charge is 2.30. The standard InChI is InChI=1S/C30H39BrClN3O4/c1-18-14-24(16-25(32)19(18)2)34-28(37)26(15-20-8-12-23(31)13-9-20)35-27(36)22-10-6-21(7-11-22)17-33-29(38)39-30(3,4)5/h8-9,12-14,16,21-22,26H,6-7,10-11,15,17H2,1-5H3,(H,33,38)(H,34,37)(H,35,36)/t21?,22?,26-/m0/s1. The van der Waals surface area contributed by atoms with E-state index >= 15 is 0 Å². The minimum atomic E-state index is -0.745. The van der Waals surface area contributed by atoms with E-state index in [2.05, 4.69) is 31.9 Å². The third kappa shape index (κ3) is 9.84. The molecule has 1 fully saturated rings. The van der Waals surface area contributed by atoms with Crippen LogP contribution < -0.4 is 16.0 Å². The summed E-state index contributed by atoms with van der Waals surface area (Å²) in [4.78, 5) is 38.6. The molecule has 3 rings (SSSR count). The van der Waals surface area contributed by atoms with E-state index in [-0.39, 0.29) is 23.7 Å². The number of rotatable bonds is 8. The molecule has 9 heteroatoms. The second-order valence-corrected chi connectivity index (χ2v) is 12.7. The van der Waals surface area contributed by atoms with E-state index in [1.54, 1.807) is 6.07 Å². The van der Waals surface area contributed by atoms with Gasteiger partial charge in [-0.15, -0.1) is 0 Å². The molecule has 1 aliphatic rings. The number of carbonyl (C=O) groups is 3. The van der Waals surface area contributed by atoms with Gasteiger partial charge in [-0.1, -0.05) is 39.7 Å². The second-order valence-electron chi connectivity index (χ2n) is 11.4. The van der Waals surface area contributed by atoms with Gasteiger partial charge in [0.1, 0.15) is 11.6 Å². The molecule has 1 aliphatic carbocycles. The monoisotopic (exact) mass is 619 g/mol. The number of nitrogens with one attached hydrogen (secondary N) is 3. The number of anilines is 1. The van der Waals surface area contributed by atoms with Gasteiger partial charge in [-0.2, -0.15) is 0 Å². The van der Waals surface area contributed by atoms with Crippen molar-refractivity contribution in [2.45, 2.75) is 78.4 Å². The zero-order chi connectivity index (χ0) is 28.7. The summed E-state index contributed by atoms with van der Waals surface area (Å²) in [6, 6.07) is 10.6. The molecule has 1 saturated carbocycles. The van der Waals surface area contributed by atoms with Crippen molar-refractivity contribution in [1.82, 2.24) is 10.6 Å². The van der Waals surface area contributed by atoms with Crippen LogP contribution in [0.25, 0.3) is 0 Å². The molecule has 3 N–H and O–H groups in total. The fraction of sp³-hybridized carbons (Fsp3) is 0.500. The van der Waals surface area contributed by atoms with E-state index in [9.17, 15) is 14.4 Å². The van der Waals surface area contributed by atoms with Gasteiger partial charge in [-0.25, -0.2) is 4.79 Å². The number of halogens is 2. The number of alkyl carbamates (subject to hydrolysis) is 1. The summed E-state index contributed by atoms with van der Waals surface area (Å²) in [6.07, 6.45) is 2.97. The zero-order valence-electron chi connectivity index (χ0n) is 23.3. The first kappa shape index (κ1) is 31.0. The summed E-state index contributed by atoms with van der Waals surface area (Å²) in [6.45, 7) is 9.89. The molecule has 0 saturated heterocycles. The van der Waals surface area contributed by atoms with Gasteiger partial charge in [0.15, 0.2) is 0 Å². The predicted octanol–water partition coefficient (Wildman–Crippen LogP) is 6.72. The number of hydrogen-bond acceptors (Lipinski definition) is 4. The summed E-state index contributed by atoms with van der Waals surface area (Å²) in [5.41, 5.74) is 2.94. The van der Waals surface area contributed by atoms with Crippen LogP contribution in [0.3, 0.4) is 0 Å². The van der Waals surface area contributed by atoms with Crippen LogP contribution in [0.2, 0.25) is 5.02 Å². The van der Waals surface area contributed by atoms with E-state index in [0.29, 0.717) is 36.5 Å². The highest BCUT2D eigenvalue weighted by Crippen LogP contribution is 2.29. The van der Waals surface area contributed by atoms with Crippen LogP contribution >= 0.6 is 27.5 Å². The molecule has 0 aliphatic heterocycles. The van der Waals surface area contributed by atoms with Crippen LogP contribution in [-0.2, 0) is 20.7 Å². The molecule has 0 radical (unpaired) electrons. The topological polar surface area (TPSA) is 96.5 Å². The van der Waals surface area contributed by atoms with Gasteiger partial charge in [0, 0.05) is 34.1 Å². The van der Waals surface area contributed by atoms with E-state index in [1.807, 2.05) is 65.0 Å². The lowest BCUT2D eigenvalue weighted by Crippen LogP contribution is -2.48. The largest absolute Gasteiger partial charge is 0.444 e. The van der Waals surface area contributed by atoms with Crippen LogP contribution in [0.15, 0.2) is 40.9 Å². The smallest absolute Gasteiger partial charge is 0.407 e. The van der Waals surface area contributed by atoms with E-state index in [4.69, 9.17) is 16.3 Å². The van der Waals surface area contributed by atoms with Crippen molar-refractivity contribution in [2.75, 3.05) is 11.9 Å². The zero-order valence-corrected chi connectivity index (χ0v) is 25.7. The molecule has 0 aromatic heterocycles. The average Bonchev–Trinajstić information content (AvgIpc) is 2.86. The maximum Gasteiger partial charge on any atom is 0.407 e. The van der Waals surface area contributed by atoms with Gasteiger partial charge >= 0.3 is 6.09 Å². The predicted molar refractivity (Wildman–Crippen MR) is 159 cm³/mol. The molecule has 39 heavy (non-hydrogen) atoms. The fourth-order valence-electron chi connectivity index (χ4n) is 4.64. The molecule has 3 amide bonds. The lowest BCUT2D eigenvalue weighted by Gasteiger charge is -2.29. The Kier molecular flexibility index (Phi) is 10.8. The molecule has 2 aromatic rings. The van der Waals surface area contributed by atoms with Crippen LogP contribution in [0, 0.1) is 25.7 Å². The van der Waals surface area contributed by atoms with Crippen LogP contribution in [0.4, 0.5) is 10.5 Å². The Hall–Kier alpha value is -2.58. The van der Waals surface area contributed by atoms with E-state index < -0.39 is 17.7 Å². The summed E-state index contributed by atoms with van der Waals surface area (Å²) < 4.78 is 6.25. The summed E-state index contributed by atoms with van der Waals surface area (Å²) >= 11 is 9.78. The first-order valence-corrected chi connectivity index (χ1v) is 14.6. The Morgan fingerprint density at radius 3 is 2.28 bits per heavy atom. The van der Waals surface area contributed by atoms with E-state index in [1.165, 1.54) is 0 Å². The van der Waals surface area contributed by atoms with Gasteiger partial charge in [-0.3, -0.25) is 9.59 Å². The lowest BCUT2D eigenvalue weighted by atomic mass is 9.81. The van der Waals surface area contributed by atoms with Crippen molar-refractivity contribution in [3.8, 4) is 0 Å². The maximum atomic E-state index is 13.4. The van der Waals surface area contributed by atoms with Crippen LogP contribution in [-0.4, -0.2) is 36.1 Å². The maximum absolute atomic E-state index is 13.4. The first-order chi connectivity index (χ1) is 18.3. The first-order valence-electron chi connectivity index (χ1n) is 13.4. The highest BCUT2D eigenvalue weighted by molar-refractivity contribution is 9.10. The number of hydrogen-bond donors (Lipinski definition) is 3. The molecule has 1 atom stereocenters. The minimum absolute atomic E-state index is 0.121. The molecule has 2 aromatic carbocycles. The second kappa shape index (κ2) is 13.7. The normalized spacial score (nSPS) is 18.1. The quantitative estimate of drug-likeness (QED) is 0.305. The van der Waals surface area contributed by atoms with Gasteiger partial charge in [-0.05, 0) is 107 Å². The fourth-order valence-corrected chi connectivity index (χ4v) is 5.17. The number of aryl methyl sites for hydroxylation is 1. The van der Waals surface area contributed by atoms with Crippen molar-refractivity contribution < 1.29 is 19.1 Å². The number of benzene rings is 2. The van der Waals surface area contributed by atoms with Crippen molar-refractivity contribution in [2.24, 2.45) is 11.8 Å². The summed E-state index contributed by atoms with van der Waals surface area (Å²) in [7, 11) is 0. The van der Waals surface area contributed by atoms with Gasteiger partial charge in [0.05, 0.1) is 0 Å². The Morgan fingerprint density at radius 1 is 1.05 bits per heavy atom. The summed E-state index contributed by atoms with van der Waals surface area (Å²) in [5.74, 6) is -0.304. The van der Waals surface area contributed by atoms with Crippen molar-refractivity contribution in [1.29, 1.82) is 0 Å². The lowest BCUT2D eigenvalue weighted by molar-refractivity contribution is -0.130. The molecule has 0 unspecified atom stereocenters. The van der Waals surface area contributed by atoms with Crippen molar-refractivity contribution >= 4 is 51.1 Å². The average molecular weight is 621 g/mol. The molecular weight excluding hydrogens is 582 g/mol. The SMILES string of the molecule is Cc1cc(NC(=O)[C@H](Cc2ccc(Br)cc2)NC(=O)C2CCC(CNC(=O)OC(C)(C)C)CC2)cc(Cl)c1C. The Bertz CT molecular complexity index is 1150. The number of ether oxygens (including phenoxy) is 1. The third-order valence-electron chi connectivity index (χ3n) is 7.01. The number of carbonyl (C=O) groups excluding carboxylic acids is 3. The Balaban J connectivity index is 1.61. The van der Waals surface area contributed by atoms with Crippen LogP contribution in [0.5, 0.6) is 0 Å².